The number of aromatic nitrogens is 3. The molecule has 0 aliphatic heterocycles. The second-order valence-corrected chi connectivity index (χ2v) is 8.15. The third kappa shape index (κ3) is 3.13. The summed E-state index contributed by atoms with van der Waals surface area (Å²) in [5, 5.41) is 10.3. The molecule has 0 fully saturated rings. The van der Waals surface area contributed by atoms with E-state index in [0.29, 0.717) is 23.8 Å². The summed E-state index contributed by atoms with van der Waals surface area (Å²) < 4.78 is 5.61. The molecule has 1 aliphatic rings. The minimum atomic E-state index is -0.113. The van der Waals surface area contributed by atoms with Gasteiger partial charge in [0, 0.05) is 11.0 Å². The Bertz CT molecular complexity index is 1300. The summed E-state index contributed by atoms with van der Waals surface area (Å²) in [7, 11) is 0. The van der Waals surface area contributed by atoms with Gasteiger partial charge in [-0.25, -0.2) is 4.98 Å². The number of aromatic hydroxyl groups is 1. The number of nitrogens with zero attached hydrogens (tertiary/aromatic N) is 3. The molecule has 0 saturated heterocycles. The van der Waals surface area contributed by atoms with E-state index in [0.717, 1.165) is 5.56 Å². The maximum absolute atomic E-state index is 10.3. The summed E-state index contributed by atoms with van der Waals surface area (Å²) in [6, 6.07) is 22.1. The summed E-state index contributed by atoms with van der Waals surface area (Å²) in [5.41, 5.74) is 6.40. The van der Waals surface area contributed by atoms with Crippen molar-refractivity contribution in [2.24, 2.45) is 0 Å². The van der Waals surface area contributed by atoms with E-state index in [1.807, 2.05) is 19.1 Å². The smallest absolute Gasteiger partial charge is 0.320 e. The lowest BCUT2D eigenvalue weighted by molar-refractivity contribution is 0.312. The fourth-order valence-electron chi connectivity index (χ4n) is 4.31. The number of rotatable bonds is 4. The first-order valence-electron chi connectivity index (χ1n) is 10.4. The molecule has 3 aromatic carbocycles. The number of fused-ring (bicyclic) bond motifs is 3. The van der Waals surface area contributed by atoms with E-state index in [-0.39, 0.29) is 17.2 Å². The van der Waals surface area contributed by atoms with Crippen LogP contribution in [-0.2, 0) is 5.41 Å². The van der Waals surface area contributed by atoms with Crippen molar-refractivity contribution in [1.82, 2.24) is 15.0 Å². The van der Waals surface area contributed by atoms with Gasteiger partial charge in [-0.05, 0) is 47.4 Å². The zero-order valence-electron chi connectivity index (χ0n) is 17.8. The molecule has 0 atom stereocenters. The highest BCUT2D eigenvalue weighted by Gasteiger charge is 2.35. The zero-order chi connectivity index (χ0) is 21.6. The van der Waals surface area contributed by atoms with Crippen molar-refractivity contribution in [1.29, 1.82) is 0 Å². The molecular formula is C26H23N3O2. The van der Waals surface area contributed by atoms with Gasteiger partial charge in [0.1, 0.15) is 5.75 Å². The molecule has 0 saturated carbocycles. The van der Waals surface area contributed by atoms with Crippen LogP contribution in [0.5, 0.6) is 11.8 Å². The first kappa shape index (κ1) is 19.2. The van der Waals surface area contributed by atoms with Gasteiger partial charge >= 0.3 is 6.01 Å². The van der Waals surface area contributed by atoms with E-state index in [2.05, 4.69) is 65.2 Å². The molecular weight excluding hydrogens is 386 g/mol. The van der Waals surface area contributed by atoms with E-state index in [1.165, 1.54) is 22.3 Å². The predicted octanol–water partition coefficient (Wildman–Crippen LogP) is 5.62. The number of para-hydroxylation sites is 1. The number of hydrogen-bond acceptors (Lipinski definition) is 5. The Balaban J connectivity index is 1.66. The summed E-state index contributed by atoms with van der Waals surface area (Å²) in [4.78, 5) is 13.6. The Morgan fingerprint density at radius 2 is 1.45 bits per heavy atom. The van der Waals surface area contributed by atoms with Crippen molar-refractivity contribution in [2.45, 2.75) is 26.2 Å². The number of ether oxygens (including phenoxy) is 1. The summed E-state index contributed by atoms with van der Waals surface area (Å²) in [6.07, 6.45) is 0. The highest BCUT2D eigenvalue weighted by molar-refractivity contribution is 5.83. The fraction of sp³-hybridized carbons (Fsp3) is 0.192. The van der Waals surface area contributed by atoms with Crippen LogP contribution in [0.25, 0.3) is 33.9 Å². The summed E-state index contributed by atoms with van der Waals surface area (Å²) in [6.45, 7) is 6.82. The average molecular weight is 409 g/mol. The number of hydrogen-bond donors (Lipinski definition) is 1. The van der Waals surface area contributed by atoms with Gasteiger partial charge in [-0.3, -0.25) is 0 Å². The summed E-state index contributed by atoms with van der Waals surface area (Å²) in [5.74, 6) is 1.02. The molecule has 0 bridgehead atoms. The van der Waals surface area contributed by atoms with Crippen LogP contribution in [-0.4, -0.2) is 26.7 Å². The molecule has 1 aromatic heterocycles. The molecule has 1 heterocycles. The Morgan fingerprint density at radius 1 is 0.774 bits per heavy atom. The van der Waals surface area contributed by atoms with Crippen LogP contribution in [0.3, 0.4) is 0 Å². The van der Waals surface area contributed by atoms with E-state index >= 15 is 0 Å². The molecule has 5 heteroatoms. The van der Waals surface area contributed by atoms with Gasteiger partial charge in [0.05, 0.1) is 12.2 Å². The van der Waals surface area contributed by atoms with Crippen LogP contribution in [0.1, 0.15) is 31.9 Å². The van der Waals surface area contributed by atoms with Crippen LogP contribution in [0.15, 0.2) is 66.7 Å². The van der Waals surface area contributed by atoms with Crippen LogP contribution >= 0.6 is 0 Å². The van der Waals surface area contributed by atoms with E-state index in [4.69, 9.17) is 4.74 Å². The Labute approximate surface area is 181 Å². The number of phenolic OH excluding ortho intramolecular Hbond substituents is 1. The molecule has 5 nitrogen and oxygen atoms in total. The van der Waals surface area contributed by atoms with Crippen molar-refractivity contribution >= 4 is 0 Å². The molecule has 0 radical (unpaired) electrons. The second-order valence-electron chi connectivity index (χ2n) is 8.15. The fourth-order valence-corrected chi connectivity index (χ4v) is 4.31. The molecule has 31 heavy (non-hydrogen) atoms. The van der Waals surface area contributed by atoms with Crippen molar-refractivity contribution in [3.05, 3.63) is 77.9 Å². The highest BCUT2D eigenvalue weighted by atomic mass is 16.5. The SMILES string of the molecule is CCOc1nc(-c2ccc3c(c2)C(C)(C)c2ccccc2-3)nc(-c2ccccc2O)n1. The Hall–Kier alpha value is -3.73. The van der Waals surface area contributed by atoms with E-state index in [1.54, 1.807) is 18.2 Å². The first-order valence-corrected chi connectivity index (χ1v) is 10.4. The molecule has 1 N–H and O–H groups in total. The molecule has 5 rings (SSSR count). The average Bonchev–Trinajstić information content (AvgIpc) is 3.01. The van der Waals surface area contributed by atoms with Crippen molar-refractivity contribution in [3.63, 3.8) is 0 Å². The van der Waals surface area contributed by atoms with Gasteiger partial charge in [-0.2, -0.15) is 9.97 Å². The maximum atomic E-state index is 10.3. The lowest BCUT2D eigenvalue weighted by atomic mass is 9.82. The lowest BCUT2D eigenvalue weighted by Crippen LogP contribution is -2.15. The minimum Gasteiger partial charge on any atom is -0.507 e. The maximum Gasteiger partial charge on any atom is 0.320 e. The molecule has 1 aliphatic carbocycles. The molecule has 4 aromatic rings. The quantitative estimate of drug-likeness (QED) is 0.474. The largest absolute Gasteiger partial charge is 0.507 e. The Kier molecular flexibility index (Phi) is 4.47. The van der Waals surface area contributed by atoms with Crippen LogP contribution < -0.4 is 4.74 Å². The van der Waals surface area contributed by atoms with Crippen LogP contribution in [0, 0.1) is 0 Å². The highest BCUT2D eigenvalue weighted by Crippen LogP contribution is 2.49. The Morgan fingerprint density at radius 3 is 2.23 bits per heavy atom. The van der Waals surface area contributed by atoms with E-state index < -0.39 is 0 Å². The van der Waals surface area contributed by atoms with E-state index in [9.17, 15) is 5.11 Å². The second kappa shape index (κ2) is 7.20. The van der Waals surface area contributed by atoms with Gasteiger partial charge < -0.3 is 9.84 Å². The standard InChI is InChI=1S/C26H23N3O2/c1-4-31-25-28-23(27-24(29-25)19-10-6-8-12-22(19)30)16-13-14-18-17-9-5-7-11-20(17)26(2,3)21(18)15-16/h5-15,30H,4H2,1-3H3. The van der Waals surface area contributed by atoms with Crippen molar-refractivity contribution in [3.8, 4) is 45.7 Å². The van der Waals surface area contributed by atoms with Crippen molar-refractivity contribution < 1.29 is 9.84 Å². The molecule has 0 spiro atoms. The van der Waals surface area contributed by atoms with Crippen LogP contribution in [0.2, 0.25) is 0 Å². The predicted molar refractivity (Wildman–Crippen MR) is 121 cm³/mol. The normalized spacial score (nSPS) is 13.5. The topological polar surface area (TPSA) is 68.1 Å². The number of phenols is 1. The van der Waals surface area contributed by atoms with Gasteiger partial charge in [-0.1, -0.05) is 62.4 Å². The molecule has 0 amide bonds. The summed E-state index contributed by atoms with van der Waals surface area (Å²) >= 11 is 0. The molecule has 154 valence electrons. The van der Waals surface area contributed by atoms with Crippen molar-refractivity contribution in [2.75, 3.05) is 6.61 Å². The number of benzene rings is 3. The van der Waals surface area contributed by atoms with Gasteiger partial charge in [0.25, 0.3) is 0 Å². The molecule has 0 unspecified atom stereocenters. The van der Waals surface area contributed by atoms with Crippen LogP contribution in [0.4, 0.5) is 0 Å². The minimum absolute atomic E-state index is 0.113. The van der Waals surface area contributed by atoms with Gasteiger partial charge in [0.15, 0.2) is 11.6 Å². The first-order chi connectivity index (χ1) is 15.0. The third-order valence-electron chi connectivity index (χ3n) is 5.87. The third-order valence-corrected chi connectivity index (χ3v) is 5.87. The van der Waals surface area contributed by atoms with Gasteiger partial charge in [-0.15, -0.1) is 0 Å². The monoisotopic (exact) mass is 409 g/mol. The van der Waals surface area contributed by atoms with Gasteiger partial charge in [0.2, 0.25) is 0 Å². The zero-order valence-corrected chi connectivity index (χ0v) is 17.8. The lowest BCUT2D eigenvalue weighted by Gasteiger charge is -2.21.